The number of likely N-dealkylation sites (N-methyl/N-ethyl adjacent to an activating group) is 1. The third kappa shape index (κ3) is 3.23. The van der Waals surface area contributed by atoms with Crippen LogP contribution < -0.4 is 4.90 Å². The summed E-state index contributed by atoms with van der Waals surface area (Å²) < 4.78 is 39.7. The molecule has 2 aliphatic rings. The summed E-state index contributed by atoms with van der Waals surface area (Å²) >= 11 is 0. The summed E-state index contributed by atoms with van der Waals surface area (Å²) in [7, 11) is 1.64. The summed E-state index contributed by atoms with van der Waals surface area (Å²) in [5, 5.41) is 13.0. The maximum absolute atomic E-state index is 12.6. The lowest BCUT2D eigenvalue weighted by atomic mass is 10.1. The fourth-order valence-electron chi connectivity index (χ4n) is 3.51. The van der Waals surface area contributed by atoms with E-state index in [1.54, 1.807) is 11.6 Å². The largest absolute Gasteiger partial charge is 0.433 e. The molecule has 5 rings (SSSR count). The monoisotopic (exact) mass is 417 g/mol. The summed E-state index contributed by atoms with van der Waals surface area (Å²) in [6.07, 6.45) is -1.35. The number of amides is 1. The molecule has 2 fully saturated rings. The zero-order valence-corrected chi connectivity index (χ0v) is 16.0. The lowest BCUT2D eigenvalue weighted by Crippen LogP contribution is -2.60. The van der Waals surface area contributed by atoms with E-state index in [-0.39, 0.29) is 17.5 Å². The number of halogens is 3. The van der Waals surface area contributed by atoms with Crippen molar-refractivity contribution in [3.63, 3.8) is 0 Å². The van der Waals surface area contributed by atoms with E-state index in [4.69, 9.17) is 0 Å². The van der Waals surface area contributed by atoms with Gasteiger partial charge in [0.1, 0.15) is 11.5 Å². The number of rotatable bonds is 4. The van der Waals surface area contributed by atoms with Crippen LogP contribution >= 0.6 is 0 Å². The van der Waals surface area contributed by atoms with Gasteiger partial charge < -0.3 is 9.80 Å². The third-order valence-corrected chi connectivity index (χ3v) is 5.57. The van der Waals surface area contributed by atoms with E-state index in [2.05, 4.69) is 20.3 Å². The summed E-state index contributed by atoms with van der Waals surface area (Å²) in [6, 6.07) is 5.66. The number of hydrogen-bond donors (Lipinski definition) is 0. The van der Waals surface area contributed by atoms with Crippen LogP contribution in [0.15, 0.2) is 30.5 Å². The van der Waals surface area contributed by atoms with E-state index in [0.717, 1.165) is 42.8 Å². The standard InChI is InChI=1S/C19H18F3N7O/c1-27(18(30)12-4-5-14(23-8-12)19(20,21)22)13-9-28(10-13)16-7-6-15-24-25-17(11-2-3-11)29(15)26-16/h4-8,11,13H,2-3,9-10H2,1H3. The van der Waals surface area contributed by atoms with E-state index in [9.17, 15) is 18.0 Å². The van der Waals surface area contributed by atoms with Crippen LogP contribution in [0, 0.1) is 0 Å². The predicted molar refractivity (Wildman–Crippen MR) is 100 cm³/mol. The Morgan fingerprint density at radius 2 is 1.90 bits per heavy atom. The van der Waals surface area contributed by atoms with Crippen LogP contribution in [0.4, 0.5) is 19.0 Å². The van der Waals surface area contributed by atoms with Gasteiger partial charge in [-0.25, -0.2) is 0 Å². The lowest BCUT2D eigenvalue weighted by molar-refractivity contribution is -0.141. The minimum absolute atomic E-state index is 0.0684. The fraction of sp³-hybridized carbons (Fsp3) is 0.421. The highest BCUT2D eigenvalue weighted by Crippen LogP contribution is 2.39. The van der Waals surface area contributed by atoms with Gasteiger partial charge in [-0.2, -0.15) is 17.7 Å². The molecule has 0 atom stereocenters. The molecule has 4 heterocycles. The smallest absolute Gasteiger partial charge is 0.351 e. The number of hydrogen-bond acceptors (Lipinski definition) is 6. The fourth-order valence-corrected chi connectivity index (χ4v) is 3.51. The Morgan fingerprint density at radius 1 is 1.13 bits per heavy atom. The second-order valence-electron chi connectivity index (χ2n) is 7.70. The highest BCUT2D eigenvalue weighted by Gasteiger charge is 2.36. The van der Waals surface area contributed by atoms with E-state index in [1.165, 1.54) is 4.90 Å². The van der Waals surface area contributed by atoms with Crippen LogP contribution in [0.1, 0.15) is 40.6 Å². The Labute approximate surface area is 169 Å². The van der Waals surface area contributed by atoms with Gasteiger partial charge in [0.05, 0.1) is 11.6 Å². The summed E-state index contributed by atoms with van der Waals surface area (Å²) in [5.41, 5.74) is -0.181. The first kappa shape index (κ1) is 18.8. The Bertz CT molecular complexity index is 1100. The highest BCUT2D eigenvalue weighted by molar-refractivity contribution is 5.94. The van der Waals surface area contributed by atoms with Crippen LogP contribution in [0.25, 0.3) is 5.65 Å². The van der Waals surface area contributed by atoms with E-state index in [0.29, 0.717) is 24.7 Å². The topological polar surface area (TPSA) is 79.5 Å². The molecule has 1 saturated heterocycles. The average Bonchev–Trinajstić information content (AvgIpc) is 3.45. The molecule has 0 N–H and O–H groups in total. The number of aromatic nitrogens is 5. The van der Waals surface area contributed by atoms with Crippen LogP contribution in [-0.4, -0.2) is 61.8 Å². The molecule has 1 amide bonds. The second-order valence-corrected chi connectivity index (χ2v) is 7.70. The molecular weight excluding hydrogens is 399 g/mol. The highest BCUT2D eigenvalue weighted by atomic mass is 19.4. The Balaban J connectivity index is 1.25. The van der Waals surface area contributed by atoms with Crippen molar-refractivity contribution >= 4 is 17.4 Å². The molecule has 0 aromatic carbocycles. The number of pyridine rings is 1. The van der Waals surface area contributed by atoms with E-state index < -0.39 is 11.9 Å². The molecule has 8 nitrogen and oxygen atoms in total. The molecule has 0 bridgehead atoms. The van der Waals surface area contributed by atoms with Gasteiger partial charge in [-0.05, 0) is 37.1 Å². The Kier molecular flexibility index (Phi) is 4.16. The van der Waals surface area contributed by atoms with Gasteiger partial charge in [0, 0.05) is 32.3 Å². The Morgan fingerprint density at radius 3 is 2.53 bits per heavy atom. The predicted octanol–water partition coefficient (Wildman–Crippen LogP) is 2.38. The zero-order chi connectivity index (χ0) is 21.0. The third-order valence-electron chi connectivity index (χ3n) is 5.57. The van der Waals surface area contributed by atoms with Gasteiger partial charge in [-0.1, -0.05) is 0 Å². The summed E-state index contributed by atoms with van der Waals surface area (Å²) in [6.45, 7) is 1.16. The molecule has 1 saturated carbocycles. The molecule has 3 aromatic rings. The maximum Gasteiger partial charge on any atom is 0.433 e. The maximum atomic E-state index is 12.6. The van der Waals surface area contributed by atoms with Crippen molar-refractivity contribution in [2.45, 2.75) is 31.0 Å². The van der Waals surface area contributed by atoms with Gasteiger partial charge in [-0.15, -0.1) is 15.3 Å². The number of anilines is 1. The zero-order valence-electron chi connectivity index (χ0n) is 16.0. The van der Waals surface area contributed by atoms with Gasteiger partial charge in [0.15, 0.2) is 11.5 Å². The van der Waals surface area contributed by atoms with Crippen molar-refractivity contribution in [2.75, 3.05) is 25.0 Å². The summed E-state index contributed by atoms with van der Waals surface area (Å²) in [5.74, 6) is 1.72. The molecule has 0 unspecified atom stereocenters. The Hall–Kier alpha value is -3.24. The first-order valence-electron chi connectivity index (χ1n) is 9.59. The number of nitrogens with zero attached hydrogens (tertiary/aromatic N) is 7. The van der Waals surface area contributed by atoms with Gasteiger partial charge in [0.25, 0.3) is 5.91 Å². The molecule has 0 radical (unpaired) electrons. The van der Waals surface area contributed by atoms with Gasteiger partial charge in [0.2, 0.25) is 0 Å². The molecule has 156 valence electrons. The minimum Gasteiger partial charge on any atom is -0.351 e. The van der Waals surface area contributed by atoms with Crippen LogP contribution in [0.2, 0.25) is 0 Å². The van der Waals surface area contributed by atoms with Crippen molar-refractivity contribution in [1.82, 2.24) is 29.7 Å². The molecular formula is C19H18F3N7O. The van der Waals surface area contributed by atoms with Crippen molar-refractivity contribution in [1.29, 1.82) is 0 Å². The molecule has 30 heavy (non-hydrogen) atoms. The van der Waals surface area contributed by atoms with Crippen LogP contribution in [0.5, 0.6) is 0 Å². The first-order chi connectivity index (χ1) is 14.3. The number of alkyl halides is 3. The molecule has 3 aromatic heterocycles. The molecule has 11 heteroatoms. The van der Waals surface area contributed by atoms with E-state index >= 15 is 0 Å². The normalized spacial score (nSPS) is 17.3. The van der Waals surface area contributed by atoms with Crippen molar-refractivity contribution < 1.29 is 18.0 Å². The lowest BCUT2D eigenvalue weighted by Gasteiger charge is -2.44. The second kappa shape index (κ2) is 6.64. The molecule has 1 aliphatic carbocycles. The van der Waals surface area contributed by atoms with Gasteiger partial charge >= 0.3 is 6.18 Å². The van der Waals surface area contributed by atoms with Crippen molar-refractivity contribution in [2.24, 2.45) is 0 Å². The number of carbonyl (C=O) groups excluding carboxylic acids is 1. The first-order valence-corrected chi connectivity index (χ1v) is 9.59. The van der Waals surface area contributed by atoms with Gasteiger partial charge in [-0.3, -0.25) is 9.78 Å². The quantitative estimate of drug-likeness (QED) is 0.649. The van der Waals surface area contributed by atoms with E-state index in [1.807, 2.05) is 17.0 Å². The van der Waals surface area contributed by atoms with Crippen LogP contribution in [-0.2, 0) is 6.18 Å². The number of carbonyl (C=O) groups is 1. The average molecular weight is 417 g/mol. The minimum atomic E-state index is -4.53. The van der Waals surface area contributed by atoms with Crippen molar-refractivity contribution in [3.8, 4) is 0 Å². The summed E-state index contributed by atoms with van der Waals surface area (Å²) in [4.78, 5) is 19.5. The number of fused-ring (bicyclic) bond motifs is 1. The van der Waals surface area contributed by atoms with Crippen molar-refractivity contribution in [3.05, 3.63) is 47.5 Å². The van der Waals surface area contributed by atoms with Crippen LogP contribution in [0.3, 0.4) is 0 Å². The molecule has 1 aliphatic heterocycles. The molecule has 0 spiro atoms. The SMILES string of the molecule is CN(C(=O)c1ccc(C(F)(F)F)nc1)C1CN(c2ccc3nnc(C4CC4)n3n2)C1.